The Balaban J connectivity index is 1.22. The third-order valence-corrected chi connectivity index (χ3v) is 14.1. The van der Waals surface area contributed by atoms with Crippen molar-refractivity contribution in [3.8, 4) is 67.3 Å². The Morgan fingerprint density at radius 3 is 0.824 bits per heavy atom. The van der Waals surface area contributed by atoms with Crippen LogP contribution >= 0.6 is 0 Å². The van der Waals surface area contributed by atoms with Crippen LogP contribution < -0.4 is 0 Å². The summed E-state index contributed by atoms with van der Waals surface area (Å²) in [5.41, 5.74) is 11.9. The molecule has 0 N–H and O–H groups in total. The number of halogens is 6. The molecule has 0 atom stereocenters. The minimum absolute atomic E-state index is 0.112. The highest BCUT2D eigenvalue weighted by Gasteiger charge is 2.37. The van der Waals surface area contributed by atoms with Crippen LogP contribution in [0.2, 0.25) is 0 Å². The summed E-state index contributed by atoms with van der Waals surface area (Å²) in [7, 11) is 0. The molecular formula is C65H45F6N3. The van der Waals surface area contributed by atoms with E-state index in [1.165, 1.54) is 0 Å². The molecule has 0 unspecified atom stereocenters. The van der Waals surface area contributed by atoms with E-state index >= 15 is 0 Å². The molecule has 362 valence electrons. The quantitative estimate of drug-likeness (QED) is 0.146. The Hall–Kier alpha value is -8.69. The normalized spacial score (nSPS) is 12.2. The Morgan fingerprint density at radius 2 is 0.554 bits per heavy atom. The third kappa shape index (κ3) is 8.38. The van der Waals surface area contributed by atoms with E-state index in [0.717, 1.165) is 123 Å². The second-order valence-corrected chi connectivity index (χ2v) is 19.4. The van der Waals surface area contributed by atoms with E-state index in [4.69, 9.17) is 4.98 Å². The Bertz CT molecular complexity index is 3760. The van der Waals surface area contributed by atoms with Gasteiger partial charge in [0.15, 0.2) is 0 Å². The first-order chi connectivity index (χ1) is 35.5. The molecule has 0 fully saturated rings. The van der Waals surface area contributed by atoms with E-state index in [1.807, 2.05) is 110 Å². The van der Waals surface area contributed by atoms with Gasteiger partial charge in [0.05, 0.1) is 33.2 Å². The number of benzene rings is 9. The van der Waals surface area contributed by atoms with Gasteiger partial charge in [-0.1, -0.05) is 168 Å². The maximum atomic E-state index is 14.8. The molecule has 0 aliphatic carbocycles. The van der Waals surface area contributed by atoms with Crippen LogP contribution in [0.4, 0.5) is 26.3 Å². The zero-order valence-corrected chi connectivity index (χ0v) is 40.7. The highest BCUT2D eigenvalue weighted by Crippen LogP contribution is 2.43. The fourth-order valence-corrected chi connectivity index (χ4v) is 10.6. The fourth-order valence-electron chi connectivity index (χ4n) is 10.6. The number of fused-ring (bicyclic) bond motifs is 6. The van der Waals surface area contributed by atoms with Crippen LogP contribution in [0.5, 0.6) is 0 Å². The molecule has 0 saturated carbocycles. The van der Waals surface area contributed by atoms with E-state index in [9.17, 15) is 26.3 Å². The lowest BCUT2D eigenvalue weighted by Gasteiger charge is -2.18. The van der Waals surface area contributed by atoms with Crippen LogP contribution in [0, 0.1) is 27.7 Å². The lowest BCUT2D eigenvalue weighted by molar-refractivity contribution is -0.143. The number of rotatable bonds is 7. The zero-order valence-electron chi connectivity index (χ0n) is 40.7. The standard InChI is InChI=1S/C65H45F6N3/c1-38-9-5-13-42(25-38)46-17-21-54-55-22-18-47(43-14-6-10-39(2)26-43)32-59(55)73(58(54)31-46)62-35-51(50-29-52(64(66,67)68)37-53(30-50)65(69,70)71)36-63(72-62)74-60-33-48(44-15-7-11-40(3)27-44)19-23-56(60)57-24-20-49(34-61(57)74)45-16-8-12-41(4)28-45/h5-37H,1-4H3. The Kier molecular flexibility index (Phi) is 11.0. The molecule has 74 heavy (non-hydrogen) atoms. The minimum Gasteiger partial charge on any atom is -0.294 e. The Morgan fingerprint density at radius 1 is 0.284 bits per heavy atom. The summed E-state index contributed by atoms with van der Waals surface area (Å²) in [6.45, 7) is 8.12. The number of aryl methyl sites for hydroxylation is 4. The number of pyridine rings is 1. The van der Waals surface area contributed by atoms with Crippen molar-refractivity contribution >= 4 is 43.6 Å². The summed E-state index contributed by atoms with van der Waals surface area (Å²) in [6.07, 6.45) is -10.2. The molecular weight excluding hydrogens is 937 g/mol. The van der Waals surface area contributed by atoms with Crippen molar-refractivity contribution in [1.82, 2.24) is 14.1 Å². The van der Waals surface area contributed by atoms with E-state index < -0.39 is 23.5 Å². The van der Waals surface area contributed by atoms with Crippen molar-refractivity contribution < 1.29 is 26.3 Å². The molecule has 0 saturated heterocycles. The molecule has 0 bridgehead atoms. The lowest BCUT2D eigenvalue weighted by Crippen LogP contribution is -2.11. The average Bonchev–Trinajstić information content (AvgIpc) is 3.89. The van der Waals surface area contributed by atoms with Gasteiger partial charge in [0.2, 0.25) is 0 Å². The van der Waals surface area contributed by atoms with Gasteiger partial charge in [-0.2, -0.15) is 26.3 Å². The molecule has 12 rings (SSSR count). The van der Waals surface area contributed by atoms with E-state index in [0.29, 0.717) is 11.6 Å². The summed E-state index contributed by atoms with van der Waals surface area (Å²) < 4.78 is 92.7. The summed E-state index contributed by atoms with van der Waals surface area (Å²) in [4.78, 5) is 5.53. The van der Waals surface area contributed by atoms with E-state index in [2.05, 4.69) is 97.1 Å². The number of aromatic nitrogens is 3. The van der Waals surface area contributed by atoms with Gasteiger partial charge in [-0.05, 0) is 138 Å². The molecule has 3 aromatic heterocycles. The molecule has 3 heterocycles. The van der Waals surface area contributed by atoms with Crippen LogP contribution in [-0.4, -0.2) is 14.1 Å². The summed E-state index contributed by atoms with van der Waals surface area (Å²) in [5.74, 6) is 0.594. The predicted molar refractivity (Wildman–Crippen MR) is 289 cm³/mol. The van der Waals surface area contributed by atoms with Crippen molar-refractivity contribution in [2.24, 2.45) is 0 Å². The first-order valence-electron chi connectivity index (χ1n) is 24.3. The van der Waals surface area contributed by atoms with Gasteiger partial charge in [-0.25, -0.2) is 4.98 Å². The summed E-state index contributed by atoms with van der Waals surface area (Å²) in [6, 6.07) is 62.6. The predicted octanol–water partition coefficient (Wildman–Crippen LogP) is 18.9. The second-order valence-electron chi connectivity index (χ2n) is 19.4. The zero-order chi connectivity index (χ0) is 51.2. The Labute approximate surface area is 423 Å². The molecule has 3 nitrogen and oxygen atoms in total. The lowest BCUT2D eigenvalue weighted by atomic mass is 9.99. The highest BCUT2D eigenvalue weighted by molar-refractivity contribution is 6.12. The monoisotopic (exact) mass is 981 g/mol. The van der Waals surface area contributed by atoms with Crippen molar-refractivity contribution in [3.05, 3.63) is 234 Å². The van der Waals surface area contributed by atoms with Crippen LogP contribution in [0.15, 0.2) is 200 Å². The first-order valence-corrected chi connectivity index (χ1v) is 24.3. The van der Waals surface area contributed by atoms with Crippen LogP contribution in [0.3, 0.4) is 0 Å². The van der Waals surface area contributed by atoms with E-state index in [-0.39, 0.29) is 17.2 Å². The topological polar surface area (TPSA) is 22.8 Å². The number of hydrogen-bond donors (Lipinski definition) is 0. The van der Waals surface area contributed by atoms with Crippen molar-refractivity contribution in [3.63, 3.8) is 0 Å². The third-order valence-electron chi connectivity index (χ3n) is 14.1. The van der Waals surface area contributed by atoms with Gasteiger partial charge in [-0.15, -0.1) is 0 Å². The second kappa shape index (κ2) is 17.5. The molecule has 9 aromatic carbocycles. The molecule has 0 spiro atoms. The molecule has 0 aliphatic heterocycles. The summed E-state index contributed by atoms with van der Waals surface area (Å²) >= 11 is 0. The molecule has 9 heteroatoms. The van der Waals surface area contributed by atoms with Crippen LogP contribution in [0.25, 0.3) is 111 Å². The van der Waals surface area contributed by atoms with Crippen molar-refractivity contribution in [1.29, 1.82) is 0 Å². The molecule has 0 aliphatic rings. The maximum Gasteiger partial charge on any atom is 0.416 e. The van der Waals surface area contributed by atoms with Gasteiger partial charge in [0, 0.05) is 21.5 Å². The first kappa shape index (κ1) is 46.4. The summed E-state index contributed by atoms with van der Waals surface area (Å²) in [5, 5.41) is 3.56. The van der Waals surface area contributed by atoms with Crippen LogP contribution in [-0.2, 0) is 12.4 Å². The number of alkyl halides is 6. The highest BCUT2D eigenvalue weighted by atomic mass is 19.4. The van der Waals surface area contributed by atoms with Crippen molar-refractivity contribution in [2.75, 3.05) is 0 Å². The largest absolute Gasteiger partial charge is 0.416 e. The molecule has 0 radical (unpaired) electrons. The molecule has 12 aromatic rings. The average molecular weight is 982 g/mol. The smallest absolute Gasteiger partial charge is 0.294 e. The van der Waals surface area contributed by atoms with Gasteiger partial charge >= 0.3 is 12.4 Å². The fraction of sp³-hybridized carbons (Fsp3) is 0.0923. The van der Waals surface area contributed by atoms with Gasteiger partial charge in [-0.3, -0.25) is 9.13 Å². The number of hydrogen-bond acceptors (Lipinski definition) is 1. The van der Waals surface area contributed by atoms with E-state index in [1.54, 1.807) is 12.1 Å². The minimum atomic E-state index is -5.08. The van der Waals surface area contributed by atoms with Crippen LogP contribution in [0.1, 0.15) is 33.4 Å². The number of nitrogens with zero attached hydrogens (tertiary/aromatic N) is 3. The molecule has 0 amide bonds. The van der Waals surface area contributed by atoms with Gasteiger partial charge < -0.3 is 0 Å². The van der Waals surface area contributed by atoms with Gasteiger partial charge in [0.25, 0.3) is 0 Å². The SMILES string of the molecule is Cc1cccc(-c2ccc3c4ccc(-c5cccc(C)c5)cc4n(-c4cc(-c5cc(C(F)(F)F)cc(C(F)(F)F)c5)cc(-n5c6cc(-c7cccc(C)c7)ccc6c6ccc(-c7cccc(C)c7)cc65)n4)c3c2)c1. The van der Waals surface area contributed by atoms with Gasteiger partial charge in [0.1, 0.15) is 11.6 Å². The maximum absolute atomic E-state index is 14.8. The van der Waals surface area contributed by atoms with Crippen molar-refractivity contribution in [2.45, 2.75) is 40.0 Å².